The predicted molar refractivity (Wildman–Crippen MR) is 101 cm³/mol. The van der Waals surface area contributed by atoms with Gasteiger partial charge in [-0.1, -0.05) is 18.0 Å². The largest absolute Gasteiger partial charge is 0.361 e. The van der Waals surface area contributed by atoms with Crippen molar-refractivity contribution >= 4 is 5.96 Å². The van der Waals surface area contributed by atoms with Crippen molar-refractivity contribution in [2.45, 2.75) is 70.9 Å². The van der Waals surface area contributed by atoms with Crippen LogP contribution in [0.1, 0.15) is 55.5 Å². The molecule has 2 aliphatic rings. The lowest BCUT2D eigenvalue weighted by Crippen LogP contribution is -2.50. The van der Waals surface area contributed by atoms with E-state index in [0.29, 0.717) is 6.04 Å². The van der Waals surface area contributed by atoms with Gasteiger partial charge < -0.3 is 20.1 Å². The molecule has 1 aliphatic heterocycles. The highest BCUT2D eigenvalue weighted by Gasteiger charge is 2.27. The SMILES string of the molecule is CN=C(NCCc1c(C)noc1C)NC1CCN(C2CCCC2)CC1. The average Bonchev–Trinajstić information content (AvgIpc) is 3.27. The van der Waals surface area contributed by atoms with Crippen LogP contribution in [0.5, 0.6) is 0 Å². The first-order valence-corrected chi connectivity index (χ1v) is 9.80. The predicted octanol–water partition coefficient (Wildman–Crippen LogP) is 2.41. The first-order chi connectivity index (χ1) is 12.2. The van der Waals surface area contributed by atoms with E-state index < -0.39 is 0 Å². The van der Waals surface area contributed by atoms with E-state index >= 15 is 0 Å². The van der Waals surface area contributed by atoms with Gasteiger partial charge in [-0.05, 0) is 46.0 Å². The van der Waals surface area contributed by atoms with Crippen LogP contribution < -0.4 is 10.6 Å². The molecule has 2 heterocycles. The Labute approximate surface area is 151 Å². The fourth-order valence-corrected chi connectivity index (χ4v) is 4.23. The molecule has 1 aromatic heterocycles. The summed E-state index contributed by atoms with van der Waals surface area (Å²) in [5, 5.41) is 11.0. The quantitative estimate of drug-likeness (QED) is 0.632. The highest BCUT2D eigenvalue weighted by atomic mass is 16.5. The van der Waals surface area contributed by atoms with E-state index in [9.17, 15) is 0 Å². The van der Waals surface area contributed by atoms with E-state index in [1.54, 1.807) is 0 Å². The molecule has 0 radical (unpaired) electrons. The van der Waals surface area contributed by atoms with Crippen LogP contribution in [0, 0.1) is 13.8 Å². The van der Waals surface area contributed by atoms with Gasteiger partial charge in [-0.3, -0.25) is 4.99 Å². The molecule has 0 unspecified atom stereocenters. The van der Waals surface area contributed by atoms with Gasteiger partial charge in [0.15, 0.2) is 5.96 Å². The Kier molecular flexibility index (Phi) is 6.34. The Morgan fingerprint density at radius 2 is 1.92 bits per heavy atom. The Hall–Kier alpha value is -1.56. The summed E-state index contributed by atoms with van der Waals surface area (Å²) in [6.07, 6.45) is 8.98. The summed E-state index contributed by atoms with van der Waals surface area (Å²) >= 11 is 0. The molecule has 25 heavy (non-hydrogen) atoms. The molecule has 0 amide bonds. The number of nitrogens with zero attached hydrogens (tertiary/aromatic N) is 3. The maximum Gasteiger partial charge on any atom is 0.191 e. The minimum Gasteiger partial charge on any atom is -0.361 e. The number of aromatic nitrogens is 1. The van der Waals surface area contributed by atoms with Crippen LogP contribution in [0.25, 0.3) is 0 Å². The van der Waals surface area contributed by atoms with Gasteiger partial charge in [0, 0.05) is 44.3 Å². The molecule has 2 N–H and O–H groups in total. The van der Waals surface area contributed by atoms with Crippen LogP contribution in [0.3, 0.4) is 0 Å². The van der Waals surface area contributed by atoms with Crippen molar-refractivity contribution in [2.75, 3.05) is 26.7 Å². The molecule has 0 aromatic carbocycles. The molecule has 1 saturated carbocycles. The number of likely N-dealkylation sites (tertiary alicyclic amines) is 1. The zero-order valence-electron chi connectivity index (χ0n) is 16.0. The highest BCUT2D eigenvalue weighted by molar-refractivity contribution is 5.79. The maximum absolute atomic E-state index is 5.22. The van der Waals surface area contributed by atoms with E-state index in [1.807, 2.05) is 20.9 Å². The van der Waals surface area contributed by atoms with Crippen molar-refractivity contribution < 1.29 is 4.52 Å². The molecule has 1 saturated heterocycles. The molecular formula is C19H33N5O. The van der Waals surface area contributed by atoms with Crippen molar-refractivity contribution in [1.82, 2.24) is 20.7 Å². The number of hydrogen-bond donors (Lipinski definition) is 2. The molecule has 3 rings (SSSR count). The van der Waals surface area contributed by atoms with Crippen LogP contribution >= 0.6 is 0 Å². The van der Waals surface area contributed by atoms with E-state index in [0.717, 1.165) is 36.4 Å². The summed E-state index contributed by atoms with van der Waals surface area (Å²) in [4.78, 5) is 7.09. The van der Waals surface area contributed by atoms with Crippen LogP contribution in [-0.4, -0.2) is 54.8 Å². The van der Waals surface area contributed by atoms with Gasteiger partial charge in [0.25, 0.3) is 0 Å². The topological polar surface area (TPSA) is 65.7 Å². The fraction of sp³-hybridized carbons (Fsp3) is 0.789. The number of piperidine rings is 1. The van der Waals surface area contributed by atoms with Crippen LogP contribution in [0.4, 0.5) is 0 Å². The minimum atomic E-state index is 0.530. The second-order valence-electron chi connectivity index (χ2n) is 7.44. The Morgan fingerprint density at radius 3 is 2.52 bits per heavy atom. The van der Waals surface area contributed by atoms with Gasteiger partial charge in [0.1, 0.15) is 5.76 Å². The van der Waals surface area contributed by atoms with Crippen LogP contribution in [-0.2, 0) is 6.42 Å². The molecule has 6 heteroatoms. The third-order valence-electron chi connectivity index (χ3n) is 5.78. The Bertz CT molecular complexity index is 549. The van der Waals surface area contributed by atoms with E-state index in [4.69, 9.17) is 4.52 Å². The summed E-state index contributed by atoms with van der Waals surface area (Å²) in [7, 11) is 1.85. The lowest BCUT2D eigenvalue weighted by molar-refractivity contribution is 0.150. The summed E-state index contributed by atoms with van der Waals surface area (Å²) in [5.74, 6) is 1.83. The van der Waals surface area contributed by atoms with Crippen molar-refractivity contribution in [1.29, 1.82) is 0 Å². The summed E-state index contributed by atoms with van der Waals surface area (Å²) < 4.78 is 5.22. The number of aryl methyl sites for hydroxylation is 2. The average molecular weight is 348 g/mol. The molecular weight excluding hydrogens is 314 g/mol. The molecule has 2 fully saturated rings. The molecule has 0 spiro atoms. The van der Waals surface area contributed by atoms with Gasteiger partial charge in [-0.15, -0.1) is 0 Å². The van der Waals surface area contributed by atoms with Gasteiger partial charge in [-0.2, -0.15) is 0 Å². The highest BCUT2D eigenvalue weighted by Crippen LogP contribution is 2.26. The molecule has 6 nitrogen and oxygen atoms in total. The van der Waals surface area contributed by atoms with Gasteiger partial charge in [0.2, 0.25) is 0 Å². The molecule has 0 bridgehead atoms. The van der Waals surface area contributed by atoms with Crippen LogP contribution in [0.15, 0.2) is 9.52 Å². The van der Waals surface area contributed by atoms with E-state index in [-0.39, 0.29) is 0 Å². The van der Waals surface area contributed by atoms with Gasteiger partial charge >= 0.3 is 0 Å². The zero-order chi connectivity index (χ0) is 17.6. The monoisotopic (exact) mass is 347 g/mol. The van der Waals surface area contributed by atoms with Crippen molar-refractivity contribution in [3.63, 3.8) is 0 Å². The normalized spacial score (nSPS) is 21.0. The lowest BCUT2D eigenvalue weighted by Gasteiger charge is -2.36. The second-order valence-corrected chi connectivity index (χ2v) is 7.44. The van der Waals surface area contributed by atoms with Crippen LogP contribution in [0.2, 0.25) is 0 Å². The number of rotatable bonds is 5. The standard InChI is InChI=1S/C19H33N5O/c1-14-18(15(2)25-23-14)8-11-21-19(20-3)22-16-9-12-24(13-10-16)17-6-4-5-7-17/h16-17H,4-13H2,1-3H3,(H2,20,21,22). The molecule has 1 aliphatic carbocycles. The van der Waals surface area contributed by atoms with E-state index in [1.165, 1.54) is 57.2 Å². The molecule has 1 aromatic rings. The molecule has 140 valence electrons. The number of aliphatic imine (C=N–C) groups is 1. The smallest absolute Gasteiger partial charge is 0.191 e. The number of guanidine groups is 1. The summed E-state index contributed by atoms with van der Waals surface area (Å²) in [6.45, 7) is 7.25. The second kappa shape index (κ2) is 8.70. The van der Waals surface area contributed by atoms with Crippen molar-refractivity contribution in [3.05, 3.63) is 17.0 Å². The maximum atomic E-state index is 5.22. The number of hydrogen-bond acceptors (Lipinski definition) is 4. The third-order valence-corrected chi connectivity index (χ3v) is 5.78. The van der Waals surface area contributed by atoms with Crippen molar-refractivity contribution in [2.24, 2.45) is 4.99 Å². The Balaban J connectivity index is 1.39. The lowest BCUT2D eigenvalue weighted by atomic mass is 10.0. The minimum absolute atomic E-state index is 0.530. The van der Waals surface area contributed by atoms with E-state index in [2.05, 4.69) is 25.7 Å². The number of nitrogens with one attached hydrogen (secondary N) is 2. The zero-order valence-corrected chi connectivity index (χ0v) is 16.0. The fourth-order valence-electron chi connectivity index (χ4n) is 4.23. The first kappa shape index (κ1) is 18.2. The third kappa shape index (κ3) is 4.75. The van der Waals surface area contributed by atoms with Gasteiger partial charge in [-0.25, -0.2) is 0 Å². The van der Waals surface area contributed by atoms with Gasteiger partial charge in [0.05, 0.1) is 5.69 Å². The summed E-state index contributed by atoms with van der Waals surface area (Å²) in [5.41, 5.74) is 2.19. The van der Waals surface area contributed by atoms with Crippen molar-refractivity contribution in [3.8, 4) is 0 Å². The Morgan fingerprint density at radius 1 is 1.20 bits per heavy atom. The molecule has 0 atom stereocenters. The summed E-state index contributed by atoms with van der Waals surface area (Å²) in [6, 6.07) is 1.39. The first-order valence-electron chi connectivity index (χ1n) is 9.80.